The minimum Gasteiger partial charge on any atom is -0.322 e. The molecule has 0 aliphatic carbocycles. The summed E-state index contributed by atoms with van der Waals surface area (Å²) in [6.07, 6.45) is 0. The normalized spacial score (nSPS) is 11.8. The second-order valence-corrected chi connectivity index (χ2v) is 7.56. The average molecular weight is 335 g/mol. The van der Waals surface area contributed by atoms with Crippen LogP contribution in [0.5, 0.6) is 0 Å². The molecule has 2 heterocycles. The topological polar surface area (TPSA) is 71.8 Å². The molecule has 2 aromatic heterocycles. The molecular weight excluding hydrogens is 310 g/mol. The van der Waals surface area contributed by atoms with Gasteiger partial charge in [-0.05, 0) is 41.5 Å². The van der Waals surface area contributed by atoms with Crippen LogP contribution in [-0.2, 0) is 17.4 Å². The van der Waals surface area contributed by atoms with Gasteiger partial charge in [-0.3, -0.25) is 14.8 Å². The Morgan fingerprint density at radius 1 is 1.22 bits per heavy atom. The van der Waals surface area contributed by atoms with Crippen LogP contribution in [0.3, 0.4) is 0 Å². The maximum Gasteiger partial charge on any atom is 0.238 e. The third-order valence-corrected chi connectivity index (χ3v) is 5.42. The first-order valence-electron chi connectivity index (χ1n) is 7.61. The third kappa shape index (κ3) is 3.79. The zero-order chi connectivity index (χ0) is 17.4. The molecule has 0 radical (unpaired) electrons. The fraction of sp³-hybridized carbons (Fsp3) is 0.562. The average Bonchev–Trinajstić information content (AvgIpc) is 2.92. The highest BCUT2D eigenvalue weighted by Gasteiger charge is 2.25. The number of hydrogen-bond donors (Lipinski definition) is 2. The Bertz CT molecular complexity index is 710. The molecule has 7 heteroatoms. The largest absolute Gasteiger partial charge is 0.322 e. The molecule has 1 amide bonds. The second kappa shape index (κ2) is 6.41. The standard InChI is InChI=1S/C16H25N5OS/c1-9-12(4)23-15(18-9)16(5,6)17-8-13(22)19-14-10(2)20-21(7)11(14)3/h17H,8H2,1-7H3,(H,19,22). The highest BCUT2D eigenvalue weighted by atomic mass is 32.1. The van der Waals surface area contributed by atoms with E-state index in [9.17, 15) is 4.79 Å². The quantitative estimate of drug-likeness (QED) is 0.881. The van der Waals surface area contributed by atoms with Crippen LogP contribution in [0.15, 0.2) is 0 Å². The third-order valence-electron chi connectivity index (χ3n) is 4.03. The van der Waals surface area contributed by atoms with Crippen molar-refractivity contribution in [2.75, 3.05) is 11.9 Å². The minimum absolute atomic E-state index is 0.0812. The maximum atomic E-state index is 12.2. The Labute approximate surface area is 141 Å². The molecule has 0 aliphatic rings. The lowest BCUT2D eigenvalue weighted by molar-refractivity contribution is -0.115. The molecule has 0 saturated heterocycles. The van der Waals surface area contributed by atoms with E-state index < -0.39 is 0 Å². The molecule has 0 saturated carbocycles. The van der Waals surface area contributed by atoms with Gasteiger partial charge in [0.25, 0.3) is 0 Å². The maximum absolute atomic E-state index is 12.2. The van der Waals surface area contributed by atoms with E-state index in [0.29, 0.717) is 0 Å². The number of carbonyl (C=O) groups is 1. The van der Waals surface area contributed by atoms with Gasteiger partial charge in [-0.15, -0.1) is 11.3 Å². The number of thiazole rings is 1. The molecule has 2 aromatic rings. The van der Waals surface area contributed by atoms with Crippen molar-refractivity contribution in [2.45, 2.75) is 47.1 Å². The van der Waals surface area contributed by atoms with Crippen molar-refractivity contribution in [1.82, 2.24) is 20.1 Å². The number of anilines is 1. The van der Waals surface area contributed by atoms with Crippen LogP contribution in [0.2, 0.25) is 0 Å². The van der Waals surface area contributed by atoms with E-state index in [4.69, 9.17) is 0 Å². The van der Waals surface area contributed by atoms with Gasteiger partial charge in [0.15, 0.2) is 0 Å². The van der Waals surface area contributed by atoms with Gasteiger partial charge >= 0.3 is 0 Å². The molecule has 2 rings (SSSR count). The molecule has 126 valence electrons. The fourth-order valence-electron chi connectivity index (χ4n) is 2.26. The predicted molar refractivity (Wildman–Crippen MR) is 93.9 cm³/mol. The van der Waals surface area contributed by atoms with E-state index in [-0.39, 0.29) is 18.0 Å². The van der Waals surface area contributed by atoms with Crippen LogP contribution in [0, 0.1) is 27.7 Å². The molecule has 0 atom stereocenters. The molecule has 0 fully saturated rings. The van der Waals surface area contributed by atoms with Crippen molar-refractivity contribution >= 4 is 22.9 Å². The highest BCUT2D eigenvalue weighted by molar-refractivity contribution is 7.11. The molecule has 0 aromatic carbocycles. The van der Waals surface area contributed by atoms with Crippen LogP contribution >= 0.6 is 11.3 Å². The highest BCUT2D eigenvalue weighted by Crippen LogP contribution is 2.27. The van der Waals surface area contributed by atoms with E-state index in [1.807, 2.05) is 41.7 Å². The lowest BCUT2D eigenvalue weighted by atomic mass is 10.1. The number of hydrogen-bond acceptors (Lipinski definition) is 5. The van der Waals surface area contributed by atoms with Gasteiger partial charge in [0.1, 0.15) is 5.01 Å². The summed E-state index contributed by atoms with van der Waals surface area (Å²) in [5, 5.41) is 11.5. The summed E-state index contributed by atoms with van der Waals surface area (Å²) in [7, 11) is 1.87. The van der Waals surface area contributed by atoms with E-state index >= 15 is 0 Å². The summed E-state index contributed by atoms with van der Waals surface area (Å²) >= 11 is 1.67. The molecule has 0 bridgehead atoms. The van der Waals surface area contributed by atoms with Gasteiger partial charge in [0, 0.05) is 11.9 Å². The van der Waals surface area contributed by atoms with Crippen LogP contribution in [0.1, 0.15) is 40.8 Å². The summed E-state index contributed by atoms with van der Waals surface area (Å²) in [6, 6.07) is 0. The first-order valence-corrected chi connectivity index (χ1v) is 8.43. The Morgan fingerprint density at radius 2 is 1.87 bits per heavy atom. The fourth-order valence-corrected chi connectivity index (χ4v) is 3.25. The summed E-state index contributed by atoms with van der Waals surface area (Å²) in [4.78, 5) is 18.0. The smallest absolute Gasteiger partial charge is 0.238 e. The van der Waals surface area contributed by atoms with Gasteiger partial charge in [0.2, 0.25) is 5.91 Å². The Hall–Kier alpha value is -1.73. The van der Waals surface area contributed by atoms with Crippen molar-refractivity contribution in [2.24, 2.45) is 7.05 Å². The molecule has 2 N–H and O–H groups in total. The lowest BCUT2D eigenvalue weighted by Gasteiger charge is -2.23. The van der Waals surface area contributed by atoms with Gasteiger partial charge in [0.05, 0.1) is 34.9 Å². The van der Waals surface area contributed by atoms with E-state index in [2.05, 4.69) is 27.6 Å². The Morgan fingerprint density at radius 3 is 2.35 bits per heavy atom. The van der Waals surface area contributed by atoms with Crippen LogP contribution in [0.4, 0.5) is 5.69 Å². The van der Waals surface area contributed by atoms with E-state index in [0.717, 1.165) is 27.8 Å². The van der Waals surface area contributed by atoms with Crippen molar-refractivity contribution < 1.29 is 4.79 Å². The van der Waals surface area contributed by atoms with Crippen molar-refractivity contribution in [3.8, 4) is 0 Å². The molecule has 0 spiro atoms. The molecule has 0 aliphatic heterocycles. The minimum atomic E-state index is -0.347. The summed E-state index contributed by atoms with van der Waals surface area (Å²) < 4.78 is 1.77. The lowest BCUT2D eigenvalue weighted by Crippen LogP contribution is -2.41. The van der Waals surface area contributed by atoms with E-state index in [1.54, 1.807) is 16.0 Å². The van der Waals surface area contributed by atoms with Crippen molar-refractivity contribution in [3.05, 3.63) is 27.0 Å². The number of rotatable bonds is 5. The molecule has 0 unspecified atom stereocenters. The monoisotopic (exact) mass is 335 g/mol. The summed E-state index contributed by atoms with van der Waals surface area (Å²) in [5.41, 5.74) is 3.26. The first-order chi connectivity index (χ1) is 10.6. The molecular formula is C16H25N5OS. The molecule has 23 heavy (non-hydrogen) atoms. The van der Waals surface area contributed by atoms with Gasteiger partial charge in [-0.25, -0.2) is 4.98 Å². The molecule has 6 nitrogen and oxygen atoms in total. The zero-order valence-corrected chi connectivity index (χ0v) is 15.7. The predicted octanol–water partition coefficient (Wildman–Crippen LogP) is 2.57. The van der Waals surface area contributed by atoms with Crippen LogP contribution < -0.4 is 10.6 Å². The summed E-state index contributed by atoms with van der Waals surface area (Å²) in [6.45, 7) is 12.2. The summed E-state index contributed by atoms with van der Waals surface area (Å²) in [5.74, 6) is -0.0812. The Balaban J connectivity index is 2.01. The number of nitrogens with one attached hydrogen (secondary N) is 2. The zero-order valence-electron chi connectivity index (χ0n) is 14.9. The SMILES string of the molecule is Cc1nc(C(C)(C)NCC(=O)Nc2c(C)nn(C)c2C)sc1C. The second-order valence-electron chi connectivity index (χ2n) is 6.36. The van der Waals surface area contributed by atoms with Gasteiger partial charge in [-0.2, -0.15) is 5.10 Å². The van der Waals surface area contributed by atoms with Gasteiger partial charge in [-0.1, -0.05) is 0 Å². The Kier molecular flexibility index (Phi) is 4.91. The van der Waals surface area contributed by atoms with E-state index in [1.165, 1.54) is 4.88 Å². The number of aryl methyl sites for hydroxylation is 4. The number of carbonyl (C=O) groups excluding carboxylic acids is 1. The van der Waals surface area contributed by atoms with Crippen LogP contribution in [0.25, 0.3) is 0 Å². The van der Waals surface area contributed by atoms with Gasteiger partial charge < -0.3 is 5.32 Å². The number of aromatic nitrogens is 3. The number of amides is 1. The van der Waals surface area contributed by atoms with Crippen LogP contribution in [-0.4, -0.2) is 27.2 Å². The first kappa shape index (κ1) is 17.6. The van der Waals surface area contributed by atoms with Crippen molar-refractivity contribution in [3.63, 3.8) is 0 Å². The van der Waals surface area contributed by atoms with Crippen molar-refractivity contribution in [1.29, 1.82) is 0 Å². The number of nitrogens with zero attached hydrogens (tertiary/aromatic N) is 3.